The van der Waals surface area contributed by atoms with Crippen molar-refractivity contribution in [3.8, 4) is 0 Å². The summed E-state index contributed by atoms with van der Waals surface area (Å²) in [6.45, 7) is 6.53. The van der Waals surface area contributed by atoms with Gasteiger partial charge in [-0.15, -0.1) is 0 Å². The van der Waals surface area contributed by atoms with Crippen LogP contribution in [0.4, 0.5) is 0 Å². The summed E-state index contributed by atoms with van der Waals surface area (Å²) in [6, 6.07) is 5.28. The van der Waals surface area contributed by atoms with E-state index in [1.165, 1.54) is 0 Å². The number of piperazine rings is 1. The lowest BCUT2D eigenvalue weighted by Gasteiger charge is -2.45. The number of rotatable bonds is 2. The zero-order chi connectivity index (χ0) is 17.6. The lowest BCUT2D eigenvalue weighted by Crippen LogP contribution is -2.61. The van der Waals surface area contributed by atoms with E-state index in [0.29, 0.717) is 44.0 Å². The normalized spacial score (nSPS) is 22.7. The first kappa shape index (κ1) is 16.1. The van der Waals surface area contributed by atoms with Crippen molar-refractivity contribution in [3.05, 3.63) is 30.0 Å². The second-order valence-electron chi connectivity index (χ2n) is 7.23. The molecule has 2 amide bonds. The molecule has 2 saturated heterocycles. The van der Waals surface area contributed by atoms with Crippen molar-refractivity contribution in [2.24, 2.45) is 5.41 Å². The lowest BCUT2D eigenvalue weighted by atomic mass is 9.86. The molecule has 0 bridgehead atoms. The van der Waals surface area contributed by atoms with Gasteiger partial charge in [-0.05, 0) is 32.0 Å². The van der Waals surface area contributed by atoms with Crippen LogP contribution in [0.2, 0.25) is 0 Å². The Morgan fingerprint density at radius 1 is 1.28 bits per heavy atom. The van der Waals surface area contributed by atoms with Gasteiger partial charge in [-0.25, -0.2) is 0 Å². The molecule has 4 rings (SSSR count). The molecule has 0 N–H and O–H groups in total. The predicted molar refractivity (Wildman–Crippen MR) is 90.0 cm³/mol. The highest BCUT2D eigenvalue weighted by Gasteiger charge is 2.45. The van der Waals surface area contributed by atoms with Crippen LogP contribution in [0.25, 0.3) is 11.0 Å². The van der Waals surface area contributed by atoms with E-state index in [9.17, 15) is 9.59 Å². The van der Waals surface area contributed by atoms with Gasteiger partial charge in [0.05, 0.1) is 24.8 Å². The molecule has 1 unspecified atom stereocenters. The van der Waals surface area contributed by atoms with Crippen molar-refractivity contribution >= 4 is 22.8 Å². The average Bonchev–Trinajstić information content (AvgIpc) is 3.06. The summed E-state index contributed by atoms with van der Waals surface area (Å²) in [7, 11) is 0. The van der Waals surface area contributed by atoms with Gasteiger partial charge in [0.25, 0.3) is 5.91 Å². The zero-order valence-corrected chi connectivity index (χ0v) is 14.4. The first-order chi connectivity index (χ1) is 12.0. The molecule has 2 aliphatic heterocycles. The highest BCUT2D eigenvalue weighted by molar-refractivity contribution is 5.98. The Hall–Kier alpha value is -2.41. The summed E-state index contributed by atoms with van der Waals surface area (Å²) in [5.74, 6) is 0.101. The minimum atomic E-state index is -0.398. The molecule has 25 heavy (non-hydrogen) atoms. The molecule has 2 aromatic rings. The van der Waals surface area contributed by atoms with Crippen LogP contribution in [-0.2, 0) is 9.53 Å². The number of benzene rings is 1. The van der Waals surface area contributed by atoms with Crippen LogP contribution in [0.3, 0.4) is 0 Å². The number of amides is 2. The number of carbonyl (C=O) groups excluding carboxylic acids is 2. The molecule has 1 aromatic heterocycles. The maximum Gasteiger partial charge on any atom is 0.254 e. The fourth-order valence-corrected chi connectivity index (χ4v) is 3.53. The van der Waals surface area contributed by atoms with Crippen molar-refractivity contribution in [2.45, 2.75) is 19.9 Å². The standard InChI is InChI=1S/C18H21N3O4/c1-12-9-20(17(23)18(2)10-24-11-18)5-6-21(12)16(22)13-3-4-15-14(7-13)8-19-25-15/h3-4,7-8,12H,5-6,9-11H2,1-2H3. The molecule has 2 fully saturated rings. The van der Waals surface area contributed by atoms with E-state index in [2.05, 4.69) is 5.16 Å². The number of carbonyl (C=O) groups is 2. The Bertz CT molecular complexity index is 827. The first-order valence-electron chi connectivity index (χ1n) is 8.50. The van der Waals surface area contributed by atoms with Crippen molar-refractivity contribution < 1.29 is 18.8 Å². The molecule has 7 nitrogen and oxygen atoms in total. The Kier molecular flexibility index (Phi) is 3.76. The van der Waals surface area contributed by atoms with Gasteiger partial charge in [-0.1, -0.05) is 5.16 Å². The van der Waals surface area contributed by atoms with Crippen LogP contribution in [0.5, 0.6) is 0 Å². The Morgan fingerprint density at radius 3 is 2.76 bits per heavy atom. The molecule has 1 atom stereocenters. The van der Waals surface area contributed by atoms with Gasteiger partial charge >= 0.3 is 0 Å². The maximum absolute atomic E-state index is 12.9. The van der Waals surface area contributed by atoms with Crippen LogP contribution in [0.15, 0.2) is 28.9 Å². The average molecular weight is 343 g/mol. The van der Waals surface area contributed by atoms with Crippen LogP contribution in [0.1, 0.15) is 24.2 Å². The van der Waals surface area contributed by atoms with Gasteiger partial charge in [0.2, 0.25) is 5.91 Å². The summed E-state index contributed by atoms with van der Waals surface area (Å²) in [5, 5.41) is 4.55. The minimum Gasteiger partial charge on any atom is -0.379 e. The minimum absolute atomic E-state index is 0.0270. The third-order valence-electron chi connectivity index (χ3n) is 5.13. The largest absolute Gasteiger partial charge is 0.379 e. The van der Waals surface area contributed by atoms with E-state index in [1.807, 2.05) is 23.6 Å². The number of hydrogen-bond acceptors (Lipinski definition) is 5. The van der Waals surface area contributed by atoms with E-state index in [4.69, 9.17) is 9.26 Å². The Morgan fingerprint density at radius 2 is 2.08 bits per heavy atom. The first-order valence-corrected chi connectivity index (χ1v) is 8.50. The number of fused-ring (bicyclic) bond motifs is 1. The van der Waals surface area contributed by atoms with Crippen molar-refractivity contribution in [1.82, 2.24) is 15.0 Å². The highest BCUT2D eigenvalue weighted by atomic mass is 16.5. The highest BCUT2D eigenvalue weighted by Crippen LogP contribution is 2.30. The molecular formula is C18H21N3O4. The molecule has 132 valence electrons. The van der Waals surface area contributed by atoms with Crippen molar-refractivity contribution in [3.63, 3.8) is 0 Å². The Balaban J connectivity index is 1.47. The monoisotopic (exact) mass is 343 g/mol. The molecule has 1 aromatic carbocycles. The van der Waals surface area contributed by atoms with E-state index in [0.717, 1.165) is 5.39 Å². The van der Waals surface area contributed by atoms with Gasteiger partial charge in [0, 0.05) is 36.6 Å². The van der Waals surface area contributed by atoms with E-state index >= 15 is 0 Å². The smallest absolute Gasteiger partial charge is 0.254 e. The van der Waals surface area contributed by atoms with Gasteiger partial charge in [0.15, 0.2) is 5.58 Å². The second kappa shape index (κ2) is 5.84. The molecule has 0 radical (unpaired) electrons. The molecule has 0 saturated carbocycles. The zero-order valence-electron chi connectivity index (χ0n) is 14.4. The lowest BCUT2D eigenvalue weighted by molar-refractivity contribution is -0.170. The number of aromatic nitrogens is 1. The molecule has 7 heteroatoms. The maximum atomic E-state index is 12.9. The quantitative estimate of drug-likeness (QED) is 0.827. The van der Waals surface area contributed by atoms with Crippen molar-refractivity contribution in [1.29, 1.82) is 0 Å². The fraction of sp³-hybridized carbons (Fsp3) is 0.500. The van der Waals surface area contributed by atoms with Gasteiger partial charge in [-0.3, -0.25) is 9.59 Å². The number of hydrogen-bond donors (Lipinski definition) is 0. The van der Waals surface area contributed by atoms with Gasteiger partial charge in [0.1, 0.15) is 0 Å². The topological polar surface area (TPSA) is 75.9 Å². The third-order valence-corrected chi connectivity index (χ3v) is 5.13. The second-order valence-corrected chi connectivity index (χ2v) is 7.23. The number of ether oxygens (including phenoxy) is 1. The van der Waals surface area contributed by atoms with Crippen LogP contribution in [0, 0.1) is 5.41 Å². The fourth-order valence-electron chi connectivity index (χ4n) is 3.53. The molecule has 0 spiro atoms. The molecule has 2 aliphatic rings. The Labute approximate surface area is 145 Å². The summed E-state index contributed by atoms with van der Waals surface area (Å²) in [5.41, 5.74) is 0.878. The number of nitrogens with zero attached hydrogens (tertiary/aromatic N) is 3. The summed E-state index contributed by atoms with van der Waals surface area (Å²) in [4.78, 5) is 29.2. The van der Waals surface area contributed by atoms with Crippen LogP contribution in [-0.4, -0.2) is 65.7 Å². The van der Waals surface area contributed by atoms with Crippen LogP contribution >= 0.6 is 0 Å². The third kappa shape index (κ3) is 2.68. The SMILES string of the molecule is CC1CN(C(=O)C2(C)COC2)CCN1C(=O)c1ccc2oncc2c1. The summed E-state index contributed by atoms with van der Waals surface area (Å²) >= 11 is 0. The van der Waals surface area contributed by atoms with E-state index in [-0.39, 0.29) is 17.9 Å². The molecular weight excluding hydrogens is 322 g/mol. The molecule has 3 heterocycles. The molecule has 0 aliphatic carbocycles. The summed E-state index contributed by atoms with van der Waals surface area (Å²) < 4.78 is 10.3. The van der Waals surface area contributed by atoms with Gasteiger partial charge < -0.3 is 19.1 Å². The predicted octanol–water partition coefficient (Wildman–Crippen LogP) is 1.54. The van der Waals surface area contributed by atoms with E-state index in [1.54, 1.807) is 24.4 Å². The van der Waals surface area contributed by atoms with E-state index < -0.39 is 5.41 Å². The summed E-state index contributed by atoms with van der Waals surface area (Å²) in [6.07, 6.45) is 1.60. The van der Waals surface area contributed by atoms with Gasteiger partial charge in [-0.2, -0.15) is 0 Å². The van der Waals surface area contributed by atoms with Crippen molar-refractivity contribution in [2.75, 3.05) is 32.8 Å². The van der Waals surface area contributed by atoms with Crippen LogP contribution < -0.4 is 0 Å².